The van der Waals surface area contributed by atoms with Crippen LogP contribution in [0, 0.1) is 0 Å². The van der Waals surface area contributed by atoms with Gasteiger partial charge in [-0.15, -0.1) is 13.2 Å². The van der Waals surface area contributed by atoms with Crippen LogP contribution in [0.15, 0.2) is 42.5 Å². The molecule has 0 aliphatic rings. The molecule has 0 saturated heterocycles. The predicted octanol–water partition coefficient (Wildman–Crippen LogP) is 5.31. The summed E-state index contributed by atoms with van der Waals surface area (Å²) in [6.45, 7) is 0. The first-order valence-corrected chi connectivity index (χ1v) is 6.83. The van der Waals surface area contributed by atoms with Crippen LogP contribution in [0.25, 0.3) is 0 Å². The van der Waals surface area contributed by atoms with Crippen molar-refractivity contribution in [2.24, 2.45) is 5.73 Å². The molecule has 2 N–H and O–H groups in total. The monoisotopic (exact) mass is 369 g/mol. The van der Waals surface area contributed by atoms with E-state index in [9.17, 15) is 26.3 Å². The van der Waals surface area contributed by atoms with Crippen LogP contribution in [0.3, 0.4) is 0 Å². The third-order valence-electron chi connectivity index (χ3n) is 3.13. The molecule has 1 atom stereocenters. The highest BCUT2D eigenvalue weighted by molar-refractivity contribution is 6.31. The molecule has 0 radical (unpaired) electrons. The molecule has 130 valence electrons. The Kier molecular flexibility index (Phi) is 5.00. The summed E-state index contributed by atoms with van der Waals surface area (Å²) in [5.74, 6) is -0.453. The summed E-state index contributed by atoms with van der Waals surface area (Å²) in [7, 11) is 0. The van der Waals surface area contributed by atoms with Crippen LogP contribution in [-0.4, -0.2) is 6.36 Å². The van der Waals surface area contributed by atoms with Gasteiger partial charge in [0.05, 0.1) is 16.6 Å². The summed E-state index contributed by atoms with van der Waals surface area (Å²) in [5, 5.41) is -0.465. The van der Waals surface area contributed by atoms with Crippen molar-refractivity contribution in [1.82, 2.24) is 0 Å². The van der Waals surface area contributed by atoms with Gasteiger partial charge in [-0.25, -0.2) is 0 Å². The van der Waals surface area contributed by atoms with Gasteiger partial charge in [0.2, 0.25) is 0 Å². The number of ether oxygens (including phenoxy) is 1. The highest BCUT2D eigenvalue weighted by Gasteiger charge is 2.34. The van der Waals surface area contributed by atoms with Crippen molar-refractivity contribution < 1.29 is 31.1 Å². The van der Waals surface area contributed by atoms with Gasteiger partial charge in [0.1, 0.15) is 5.75 Å². The largest absolute Gasteiger partial charge is 0.573 e. The summed E-state index contributed by atoms with van der Waals surface area (Å²) in [6, 6.07) is 6.78. The number of benzene rings is 2. The first-order chi connectivity index (χ1) is 11.0. The maximum atomic E-state index is 12.9. The quantitative estimate of drug-likeness (QED) is 0.745. The van der Waals surface area contributed by atoms with E-state index < -0.39 is 34.9 Å². The molecule has 0 aliphatic carbocycles. The van der Waals surface area contributed by atoms with Gasteiger partial charge in [0, 0.05) is 0 Å². The number of hydrogen-bond donors (Lipinski definition) is 1. The van der Waals surface area contributed by atoms with E-state index in [4.69, 9.17) is 17.3 Å². The Morgan fingerprint density at radius 1 is 0.875 bits per heavy atom. The second-order valence-electron chi connectivity index (χ2n) is 4.83. The zero-order valence-electron chi connectivity index (χ0n) is 11.8. The standard InChI is InChI=1S/C15H10ClF6NO/c16-12-6-3-9(7-11(12)14(17,18)19)13(23)8-1-4-10(5-2-8)24-15(20,21)22/h1-7,13H,23H2/t13-/m0/s1. The average molecular weight is 370 g/mol. The zero-order chi connectivity index (χ0) is 18.1. The number of halogens is 7. The van der Waals surface area contributed by atoms with Gasteiger partial charge in [-0.05, 0) is 35.4 Å². The average Bonchev–Trinajstić information content (AvgIpc) is 2.45. The molecule has 2 nitrogen and oxygen atoms in total. The molecule has 2 rings (SSSR count). The van der Waals surface area contributed by atoms with E-state index >= 15 is 0 Å². The van der Waals surface area contributed by atoms with Gasteiger partial charge in [-0.2, -0.15) is 13.2 Å². The van der Waals surface area contributed by atoms with Crippen molar-refractivity contribution in [3.05, 3.63) is 64.2 Å². The van der Waals surface area contributed by atoms with E-state index in [0.717, 1.165) is 24.3 Å². The topological polar surface area (TPSA) is 35.2 Å². The third kappa shape index (κ3) is 4.55. The Hall–Kier alpha value is -1.93. The lowest BCUT2D eigenvalue weighted by Crippen LogP contribution is -2.17. The SMILES string of the molecule is N[C@@H](c1ccc(OC(F)(F)F)cc1)c1ccc(Cl)c(C(F)(F)F)c1. The summed E-state index contributed by atoms with van der Waals surface area (Å²) < 4.78 is 78.6. The Bertz CT molecular complexity index is 711. The van der Waals surface area contributed by atoms with Crippen molar-refractivity contribution in [3.63, 3.8) is 0 Å². The molecule has 2 aromatic carbocycles. The highest BCUT2D eigenvalue weighted by Crippen LogP contribution is 2.36. The summed E-state index contributed by atoms with van der Waals surface area (Å²) in [4.78, 5) is 0. The second kappa shape index (κ2) is 6.52. The van der Waals surface area contributed by atoms with Crippen LogP contribution in [0.2, 0.25) is 5.02 Å². The van der Waals surface area contributed by atoms with E-state index in [1.165, 1.54) is 18.2 Å². The van der Waals surface area contributed by atoms with Crippen molar-refractivity contribution in [3.8, 4) is 5.75 Å². The second-order valence-corrected chi connectivity index (χ2v) is 5.24. The number of nitrogens with two attached hydrogens (primary N) is 1. The molecule has 0 amide bonds. The molecule has 0 spiro atoms. The summed E-state index contributed by atoms with van der Waals surface area (Å²) >= 11 is 5.53. The molecule has 0 bridgehead atoms. The van der Waals surface area contributed by atoms with Crippen LogP contribution in [-0.2, 0) is 6.18 Å². The minimum atomic E-state index is -4.83. The fraction of sp³-hybridized carbons (Fsp3) is 0.200. The van der Waals surface area contributed by atoms with E-state index in [1.807, 2.05) is 0 Å². The predicted molar refractivity (Wildman–Crippen MR) is 75.6 cm³/mol. The first-order valence-electron chi connectivity index (χ1n) is 6.45. The molecular formula is C15H10ClF6NO. The van der Waals surface area contributed by atoms with Crippen molar-refractivity contribution in [2.45, 2.75) is 18.6 Å². The maximum absolute atomic E-state index is 12.9. The van der Waals surface area contributed by atoms with Crippen LogP contribution < -0.4 is 10.5 Å². The summed E-state index contributed by atoms with van der Waals surface area (Å²) in [5.41, 5.74) is 5.29. The van der Waals surface area contributed by atoms with E-state index in [-0.39, 0.29) is 5.56 Å². The van der Waals surface area contributed by atoms with Gasteiger partial charge >= 0.3 is 12.5 Å². The third-order valence-corrected chi connectivity index (χ3v) is 3.46. The van der Waals surface area contributed by atoms with Crippen LogP contribution in [0.4, 0.5) is 26.3 Å². The molecule has 0 saturated carbocycles. The normalized spacial score (nSPS) is 13.7. The molecule has 0 fully saturated rings. The molecule has 2 aromatic rings. The van der Waals surface area contributed by atoms with Crippen molar-refractivity contribution in [2.75, 3.05) is 0 Å². The lowest BCUT2D eigenvalue weighted by Gasteiger charge is -2.16. The van der Waals surface area contributed by atoms with E-state index in [2.05, 4.69) is 4.74 Å². The molecule has 24 heavy (non-hydrogen) atoms. The molecule has 0 aromatic heterocycles. The molecule has 0 unspecified atom stereocenters. The first kappa shape index (κ1) is 18.4. The Morgan fingerprint density at radius 3 is 1.92 bits per heavy atom. The van der Waals surface area contributed by atoms with Crippen LogP contribution in [0.5, 0.6) is 5.75 Å². The number of hydrogen-bond acceptors (Lipinski definition) is 2. The lowest BCUT2D eigenvalue weighted by molar-refractivity contribution is -0.274. The lowest BCUT2D eigenvalue weighted by atomic mass is 9.97. The number of rotatable bonds is 3. The smallest absolute Gasteiger partial charge is 0.406 e. The van der Waals surface area contributed by atoms with Crippen LogP contribution in [0.1, 0.15) is 22.7 Å². The molecular weight excluding hydrogens is 360 g/mol. The Morgan fingerprint density at radius 2 is 1.42 bits per heavy atom. The Balaban J connectivity index is 2.27. The van der Waals surface area contributed by atoms with Crippen molar-refractivity contribution in [1.29, 1.82) is 0 Å². The highest BCUT2D eigenvalue weighted by atomic mass is 35.5. The van der Waals surface area contributed by atoms with Gasteiger partial charge < -0.3 is 10.5 Å². The van der Waals surface area contributed by atoms with E-state index in [0.29, 0.717) is 5.56 Å². The van der Waals surface area contributed by atoms with E-state index in [1.54, 1.807) is 0 Å². The maximum Gasteiger partial charge on any atom is 0.573 e. The van der Waals surface area contributed by atoms with Gasteiger partial charge in [-0.1, -0.05) is 29.8 Å². The molecule has 9 heteroatoms. The molecule has 0 aliphatic heterocycles. The molecule has 0 heterocycles. The zero-order valence-corrected chi connectivity index (χ0v) is 12.5. The Labute approximate surface area is 137 Å². The van der Waals surface area contributed by atoms with Gasteiger partial charge in [-0.3, -0.25) is 0 Å². The fourth-order valence-corrected chi connectivity index (χ4v) is 2.25. The van der Waals surface area contributed by atoms with Gasteiger partial charge in [0.15, 0.2) is 0 Å². The fourth-order valence-electron chi connectivity index (χ4n) is 2.02. The minimum absolute atomic E-state index is 0.121. The van der Waals surface area contributed by atoms with Crippen molar-refractivity contribution >= 4 is 11.6 Å². The van der Waals surface area contributed by atoms with Crippen LogP contribution >= 0.6 is 11.6 Å². The summed E-state index contributed by atoms with van der Waals surface area (Å²) in [6.07, 6.45) is -9.47. The van der Waals surface area contributed by atoms with Gasteiger partial charge in [0.25, 0.3) is 0 Å². The number of alkyl halides is 6. The minimum Gasteiger partial charge on any atom is -0.406 e.